The van der Waals surface area contributed by atoms with E-state index in [4.69, 9.17) is 21.1 Å². The zero-order chi connectivity index (χ0) is 24.1. The number of ether oxygens (including phenoxy) is 2. The van der Waals surface area contributed by atoms with E-state index in [1.807, 2.05) is 68.4 Å². The molecule has 0 spiro atoms. The molecule has 6 nitrogen and oxygen atoms in total. The summed E-state index contributed by atoms with van der Waals surface area (Å²) in [5, 5.41) is 7.97. The number of carbonyl (C=O) groups excluding carboxylic acids is 1. The molecule has 0 aliphatic rings. The molecule has 4 aromatic rings. The molecule has 7 heteroatoms. The quantitative estimate of drug-likeness (QED) is 0.335. The molecule has 0 radical (unpaired) electrons. The van der Waals surface area contributed by atoms with Crippen molar-refractivity contribution in [2.24, 2.45) is 0 Å². The molecule has 174 valence electrons. The Morgan fingerprint density at radius 3 is 2.59 bits per heavy atom. The van der Waals surface area contributed by atoms with Crippen molar-refractivity contribution in [1.29, 1.82) is 0 Å². The first-order chi connectivity index (χ1) is 16.5. The van der Waals surface area contributed by atoms with E-state index in [1.165, 1.54) is 0 Å². The average Bonchev–Trinajstić information content (AvgIpc) is 3.29. The van der Waals surface area contributed by atoms with Gasteiger partial charge in [0.25, 0.3) is 5.91 Å². The molecular weight excluding hydrogens is 450 g/mol. The highest BCUT2D eigenvalue weighted by atomic mass is 35.5. The number of hydrogen-bond donors (Lipinski definition) is 1. The molecule has 0 aliphatic carbocycles. The number of benzene rings is 3. The van der Waals surface area contributed by atoms with Crippen LogP contribution in [0.5, 0.6) is 11.5 Å². The highest BCUT2D eigenvalue weighted by Crippen LogP contribution is 2.34. The van der Waals surface area contributed by atoms with E-state index in [1.54, 1.807) is 30.1 Å². The van der Waals surface area contributed by atoms with E-state index in [9.17, 15) is 4.79 Å². The predicted molar refractivity (Wildman–Crippen MR) is 134 cm³/mol. The van der Waals surface area contributed by atoms with Gasteiger partial charge in [0.2, 0.25) is 0 Å². The summed E-state index contributed by atoms with van der Waals surface area (Å²) in [6.45, 7) is 4.79. The second-order valence-electron chi connectivity index (χ2n) is 7.80. The van der Waals surface area contributed by atoms with Gasteiger partial charge < -0.3 is 14.8 Å². The molecule has 3 aromatic carbocycles. The van der Waals surface area contributed by atoms with Gasteiger partial charge in [0, 0.05) is 5.56 Å². The van der Waals surface area contributed by atoms with E-state index in [0.717, 1.165) is 28.1 Å². The van der Waals surface area contributed by atoms with Crippen LogP contribution in [0.2, 0.25) is 5.02 Å². The summed E-state index contributed by atoms with van der Waals surface area (Å²) in [5.74, 6) is 1.08. The standard InChI is InChI=1S/C27H26ClN3O3/c1-18-8-7-11-24(19(18)2)31-26(20-12-13-25(33-3)23(28)16-20)22(17-30-31)27(32)29-14-15-34-21-9-5-4-6-10-21/h4-13,16-17H,14-15H2,1-3H3,(H,29,32). The minimum atomic E-state index is -0.241. The summed E-state index contributed by atoms with van der Waals surface area (Å²) in [7, 11) is 1.57. The van der Waals surface area contributed by atoms with Crippen molar-refractivity contribution in [3.05, 3.63) is 94.6 Å². The van der Waals surface area contributed by atoms with Crippen molar-refractivity contribution < 1.29 is 14.3 Å². The van der Waals surface area contributed by atoms with Crippen LogP contribution in [0.1, 0.15) is 21.5 Å². The van der Waals surface area contributed by atoms with Gasteiger partial charge in [0.05, 0.1) is 41.8 Å². The van der Waals surface area contributed by atoms with Crippen LogP contribution in [0, 0.1) is 13.8 Å². The second-order valence-corrected chi connectivity index (χ2v) is 8.21. The average molecular weight is 476 g/mol. The molecule has 0 bridgehead atoms. The lowest BCUT2D eigenvalue weighted by Gasteiger charge is -2.15. The van der Waals surface area contributed by atoms with E-state index < -0.39 is 0 Å². The number of aromatic nitrogens is 2. The molecular formula is C27H26ClN3O3. The lowest BCUT2D eigenvalue weighted by atomic mass is 10.0. The number of halogens is 1. The number of nitrogens with one attached hydrogen (secondary N) is 1. The van der Waals surface area contributed by atoms with Gasteiger partial charge in [-0.15, -0.1) is 0 Å². The Bertz CT molecular complexity index is 1300. The van der Waals surface area contributed by atoms with E-state index in [0.29, 0.717) is 35.2 Å². The molecule has 0 unspecified atom stereocenters. The monoisotopic (exact) mass is 475 g/mol. The summed E-state index contributed by atoms with van der Waals surface area (Å²) >= 11 is 6.42. The number of amides is 1. The van der Waals surface area contributed by atoms with Crippen molar-refractivity contribution in [2.75, 3.05) is 20.3 Å². The number of nitrogens with zero attached hydrogens (tertiary/aromatic N) is 2. The van der Waals surface area contributed by atoms with Gasteiger partial charge in [-0.05, 0) is 61.4 Å². The molecule has 0 fully saturated rings. The zero-order valence-electron chi connectivity index (χ0n) is 19.3. The smallest absolute Gasteiger partial charge is 0.255 e. The maximum Gasteiger partial charge on any atom is 0.255 e. The van der Waals surface area contributed by atoms with Crippen molar-refractivity contribution in [3.8, 4) is 28.4 Å². The van der Waals surface area contributed by atoms with Crippen molar-refractivity contribution in [1.82, 2.24) is 15.1 Å². The maximum absolute atomic E-state index is 13.2. The summed E-state index contributed by atoms with van der Waals surface area (Å²) in [4.78, 5) is 13.2. The second kappa shape index (κ2) is 10.4. The first kappa shape index (κ1) is 23.4. The van der Waals surface area contributed by atoms with Crippen molar-refractivity contribution in [2.45, 2.75) is 13.8 Å². The molecule has 0 aliphatic heterocycles. The van der Waals surface area contributed by atoms with Crippen molar-refractivity contribution in [3.63, 3.8) is 0 Å². The predicted octanol–water partition coefficient (Wildman–Crippen LogP) is 5.63. The molecule has 1 N–H and O–H groups in total. The molecule has 4 rings (SSSR count). The van der Waals surface area contributed by atoms with Gasteiger partial charge in [-0.25, -0.2) is 4.68 Å². The fourth-order valence-corrected chi connectivity index (χ4v) is 3.96. The van der Waals surface area contributed by atoms with Gasteiger partial charge >= 0.3 is 0 Å². The van der Waals surface area contributed by atoms with Crippen LogP contribution in [0.3, 0.4) is 0 Å². The maximum atomic E-state index is 13.2. The molecule has 0 saturated heterocycles. The molecule has 34 heavy (non-hydrogen) atoms. The van der Waals surface area contributed by atoms with Crippen LogP contribution >= 0.6 is 11.6 Å². The third kappa shape index (κ3) is 4.92. The zero-order valence-corrected chi connectivity index (χ0v) is 20.1. The van der Waals surface area contributed by atoms with Crippen molar-refractivity contribution >= 4 is 17.5 Å². The topological polar surface area (TPSA) is 65.4 Å². The number of methoxy groups -OCH3 is 1. The Kier molecular flexibility index (Phi) is 7.18. The summed E-state index contributed by atoms with van der Waals surface area (Å²) in [5.41, 5.74) is 4.97. The van der Waals surface area contributed by atoms with Crippen LogP contribution in [0.25, 0.3) is 16.9 Å². The molecule has 1 aromatic heterocycles. The number of carbonyl (C=O) groups is 1. The van der Waals surface area contributed by atoms with Crippen LogP contribution in [0.4, 0.5) is 0 Å². The minimum absolute atomic E-state index is 0.241. The number of rotatable bonds is 8. The molecule has 0 atom stereocenters. The number of aryl methyl sites for hydroxylation is 1. The third-order valence-corrected chi connectivity index (χ3v) is 5.94. The van der Waals surface area contributed by atoms with Crippen LogP contribution in [0.15, 0.2) is 72.9 Å². The highest BCUT2D eigenvalue weighted by Gasteiger charge is 2.22. The van der Waals surface area contributed by atoms with Crippen LogP contribution in [-0.2, 0) is 0 Å². The van der Waals surface area contributed by atoms with E-state index >= 15 is 0 Å². The Balaban J connectivity index is 1.65. The summed E-state index contributed by atoms with van der Waals surface area (Å²) in [6.07, 6.45) is 1.59. The Morgan fingerprint density at radius 1 is 1.06 bits per heavy atom. The first-order valence-electron chi connectivity index (χ1n) is 10.9. The lowest BCUT2D eigenvalue weighted by molar-refractivity contribution is 0.0947. The molecule has 1 heterocycles. The highest BCUT2D eigenvalue weighted by molar-refractivity contribution is 6.32. The molecule has 1 amide bonds. The van der Waals surface area contributed by atoms with Crippen LogP contribution in [-0.4, -0.2) is 35.9 Å². The Morgan fingerprint density at radius 2 is 1.85 bits per heavy atom. The van der Waals surface area contributed by atoms with Gasteiger partial charge in [-0.1, -0.05) is 41.9 Å². The number of para-hydroxylation sites is 1. The summed E-state index contributed by atoms with van der Waals surface area (Å²) < 4.78 is 12.8. The van der Waals surface area contributed by atoms with Gasteiger partial charge in [-0.2, -0.15) is 5.10 Å². The minimum Gasteiger partial charge on any atom is -0.495 e. The SMILES string of the molecule is COc1ccc(-c2c(C(=O)NCCOc3ccccc3)cnn2-c2cccc(C)c2C)cc1Cl. The lowest BCUT2D eigenvalue weighted by Crippen LogP contribution is -2.28. The fourth-order valence-electron chi connectivity index (χ4n) is 3.70. The van der Waals surface area contributed by atoms with Gasteiger partial charge in [0.15, 0.2) is 0 Å². The summed E-state index contributed by atoms with van der Waals surface area (Å²) in [6, 6.07) is 20.9. The molecule has 0 saturated carbocycles. The Labute approximate surface area is 204 Å². The normalized spacial score (nSPS) is 10.7. The van der Waals surface area contributed by atoms with Gasteiger partial charge in [-0.3, -0.25) is 4.79 Å². The third-order valence-electron chi connectivity index (χ3n) is 5.64. The van der Waals surface area contributed by atoms with Crippen LogP contribution < -0.4 is 14.8 Å². The van der Waals surface area contributed by atoms with Gasteiger partial charge in [0.1, 0.15) is 18.1 Å². The number of hydrogen-bond acceptors (Lipinski definition) is 4. The van der Waals surface area contributed by atoms with E-state index in [2.05, 4.69) is 10.4 Å². The fraction of sp³-hybridized carbons (Fsp3) is 0.185. The first-order valence-corrected chi connectivity index (χ1v) is 11.3. The largest absolute Gasteiger partial charge is 0.495 e. The van der Waals surface area contributed by atoms with E-state index in [-0.39, 0.29) is 5.91 Å². The Hall–Kier alpha value is -3.77.